The first kappa shape index (κ1) is 21.0. The van der Waals surface area contributed by atoms with Crippen LogP contribution in [0.2, 0.25) is 5.02 Å². The molecule has 1 heterocycles. The number of hydrogen-bond donors (Lipinski definition) is 1. The van der Waals surface area contributed by atoms with Crippen molar-refractivity contribution in [3.63, 3.8) is 0 Å². The summed E-state index contributed by atoms with van der Waals surface area (Å²) in [4.78, 5) is 29.1. The van der Waals surface area contributed by atoms with Gasteiger partial charge in [-0.05, 0) is 69.0 Å². The monoisotopic (exact) mass is 416 g/mol. The molecule has 1 fully saturated rings. The number of amides is 1. The van der Waals surface area contributed by atoms with Crippen molar-refractivity contribution in [2.45, 2.75) is 12.5 Å². The van der Waals surface area contributed by atoms with Crippen molar-refractivity contribution < 1.29 is 19.1 Å². The standard InChI is InChI=1S/C22H22ClFN2O3/c1-25(2)12-3-13-26-19(14-4-8-16(23)9-5-14)18(21(28)22(26)29)20(27)15-6-10-17(24)11-7-15/h4-11,19,27H,3,12-13H2,1-2H3/b20-18+. The first-order valence-corrected chi connectivity index (χ1v) is 9.62. The van der Waals surface area contributed by atoms with Gasteiger partial charge in [-0.3, -0.25) is 9.59 Å². The molecule has 1 atom stereocenters. The Morgan fingerprint density at radius 2 is 1.72 bits per heavy atom. The van der Waals surface area contributed by atoms with Crippen molar-refractivity contribution in [2.75, 3.05) is 27.2 Å². The highest BCUT2D eigenvalue weighted by molar-refractivity contribution is 6.46. The van der Waals surface area contributed by atoms with Crippen LogP contribution >= 0.6 is 11.6 Å². The molecule has 7 heteroatoms. The fourth-order valence-electron chi connectivity index (χ4n) is 3.42. The number of ketones is 1. The molecule has 1 N–H and O–H groups in total. The molecule has 0 bridgehead atoms. The Morgan fingerprint density at radius 1 is 1.10 bits per heavy atom. The third-order valence-corrected chi connectivity index (χ3v) is 5.10. The Labute approximate surface area is 174 Å². The van der Waals surface area contributed by atoms with E-state index in [0.717, 1.165) is 6.54 Å². The van der Waals surface area contributed by atoms with Gasteiger partial charge in [-0.2, -0.15) is 0 Å². The molecule has 2 aromatic carbocycles. The Balaban J connectivity index is 2.07. The molecule has 0 radical (unpaired) electrons. The van der Waals surface area contributed by atoms with Gasteiger partial charge in [-0.25, -0.2) is 4.39 Å². The number of halogens is 2. The summed E-state index contributed by atoms with van der Waals surface area (Å²) in [7, 11) is 3.86. The first-order valence-electron chi connectivity index (χ1n) is 9.24. The van der Waals surface area contributed by atoms with Crippen molar-refractivity contribution >= 4 is 29.1 Å². The summed E-state index contributed by atoms with van der Waals surface area (Å²) in [6.07, 6.45) is 0.667. The summed E-state index contributed by atoms with van der Waals surface area (Å²) in [5.41, 5.74) is 0.938. The first-order chi connectivity index (χ1) is 13.8. The van der Waals surface area contributed by atoms with Gasteiger partial charge in [0.2, 0.25) is 0 Å². The Kier molecular flexibility index (Phi) is 6.35. The van der Waals surface area contributed by atoms with E-state index in [2.05, 4.69) is 0 Å². The van der Waals surface area contributed by atoms with E-state index in [-0.39, 0.29) is 16.9 Å². The minimum Gasteiger partial charge on any atom is -0.507 e. The van der Waals surface area contributed by atoms with Crippen LogP contribution in [0.5, 0.6) is 0 Å². The Hall–Kier alpha value is -2.70. The van der Waals surface area contributed by atoms with Crippen LogP contribution in [0, 0.1) is 5.82 Å². The minimum absolute atomic E-state index is 0.00576. The lowest BCUT2D eigenvalue weighted by Crippen LogP contribution is -2.32. The Bertz CT molecular complexity index is 940. The lowest BCUT2D eigenvalue weighted by molar-refractivity contribution is -0.139. The molecule has 1 aliphatic heterocycles. The number of benzene rings is 2. The van der Waals surface area contributed by atoms with Gasteiger partial charge in [-0.15, -0.1) is 0 Å². The van der Waals surface area contributed by atoms with E-state index in [1.54, 1.807) is 24.3 Å². The molecular formula is C22H22ClFN2O3. The lowest BCUT2D eigenvalue weighted by Gasteiger charge is -2.26. The fraction of sp³-hybridized carbons (Fsp3) is 0.273. The average Bonchev–Trinajstić information content (AvgIpc) is 2.93. The smallest absolute Gasteiger partial charge is 0.295 e. The lowest BCUT2D eigenvalue weighted by atomic mass is 9.95. The van der Waals surface area contributed by atoms with Gasteiger partial charge in [0.25, 0.3) is 11.7 Å². The van der Waals surface area contributed by atoms with Crippen LogP contribution in [0.25, 0.3) is 5.76 Å². The van der Waals surface area contributed by atoms with Crippen LogP contribution in [-0.2, 0) is 9.59 Å². The SMILES string of the molecule is CN(C)CCCN1C(=O)C(=O)/C(=C(/O)c2ccc(F)cc2)C1c1ccc(Cl)cc1. The third kappa shape index (κ3) is 4.49. The minimum atomic E-state index is -0.753. The number of nitrogens with zero attached hydrogens (tertiary/aromatic N) is 2. The van der Waals surface area contributed by atoms with Gasteiger partial charge in [0.1, 0.15) is 11.6 Å². The topological polar surface area (TPSA) is 60.9 Å². The van der Waals surface area contributed by atoms with E-state index in [9.17, 15) is 19.1 Å². The molecule has 5 nitrogen and oxygen atoms in total. The number of Topliss-reactive ketones (excluding diaryl/α,β-unsaturated/α-hetero) is 1. The highest BCUT2D eigenvalue weighted by Gasteiger charge is 2.45. The van der Waals surface area contributed by atoms with Crippen molar-refractivity contribution in [3.05, 3.63) is 76.1 Å². The molecule has 1 amide bonds. The largest absolute Gasteiger partial charge is 0.507 e. The van der Waals surface area contributed by atoms with Gasteiger partial charge in [0, 0.05) is 17.1 Å². The Morgan fingerprint density at radius 3 is 2.31 bits per heavy atom. The normalized spacial score (nSPS) is 18.7. The van der Waals surface area contributed by atoms with Gasteiger partial charge < -0.3 is 14.9 Å². The second-order valence-corrected chi connectivity index (χ2v) is 7.64. The van der Waals surface area contributed by atoms with Crippen LogP contribution in [-0.4, -0.2) is 53.8 Å². The number of aliphatic hydroxyl groups excluding tert-OH is 1. The maximum Gasteiger partial charge on any atom is 0.295 e. The molecule has 29 heavy (non-hydrogen) atoms. The van der Waals surface area contributed by atoms with Crippen molar-refractivity contribution in [2.24, 2.45) is 0 Å². The number of aliphatic hydroxyl groups is 1. The predicted molar refractivity (Wildman–Crippen MR) is 110 cm³/mol. The van der Waals surface area contributed by atoms with E-state index in [1.165, 1.54) is 29.2 Å². The van der Waals surface area contributed by atoms with Crippen molar-refractivity contribution in [3.8, 4) is 0 Å². The van der Waals surface area contributed by atoms with Crippen LogP contribution in [0.1, 0.15) is 23.6 Å². The third-order valence-electron chi connectivity index (χ3n) is 4.85. The maximum atomic E-state index is 13.3. The fourth-order valence-corrected chi connectivity index (χ4v) is 3.55. The summed E-state index contributed by atoms with van der Waals surface area (Å²) in [5.74, 6) is -2.19. The maximum absolute atomic E-state index is 13.3. The molecule has 3 rings (SSSR count). The molecule has 0 saturated carbocycles. The highest BCUT2D eigenvalue weighted by Crippen LogP contribution is 2.39. The van der Waals surface area contributed by atoms with Crippen molar-refractivity contribution in [1.29, 1.82) is 0 Å². The van der Waals surface area contributed by atoms with Gasteiger partial charge in [0.15, 0.2) is 0 Å². The van der Waals surface area contributed by atoms with Crippen LogP contribution in [0.15, 0.2) is 54.1 Å². The summed E-state index contributed by atoms with van der Waals surface area (Å²) in [6, 6.07) is 11.2. The molecule has 2 aromatic rings. The van der Waals surface area contributed by atoms with Crippen LogP contribution < -0.4 is 0 Å². The molecule has 1 aliphatic rings. The molecule has 0 aliphatic carbocycles. The van der Waals surface area contributed by atoms with Crippen molar-refractivity contribution in [1.82, 2.24) is 9.80 Å². The van der Waals surface area contributed by atoms with Gasteiger partial charge >= 0.3 is 0 Å². The number of carbonyl (C=O) groups is 2. The summed E-state index contributed by atoms with van der Waals surface area (Å²) in [6.45, 7) is 1.10. The van der Waals surface area contributed by atoms with E-state index < -0.39 is 23.5 Å². The van der Waals surface area contributed by atoms with Gasteiger partial charge in [-0.1, -0.05) is 23.7 Å². The van der Waals surface area contributed by atoms with Crippen LogP contribution in [0.3, 0.4) is 0 Å². The average molecular weight is 417 g/mol. The number of likely N-dealkylation sites (tertiary alicyclic amines) is 1. The molecule has 1 unspecified atom stereocenters. The molecular weight excluding hydrogens is 395 g/mol. The molecule has 0 aromatic heterocycles. The second-order valence-electron chi connectivity index (χ2n) is 7.21. The van der Waals surface area contributed by atoms with Crippen LogP contribution in [0.4, 0.5) is 4.39 Å². The van der Waals surface area contributed by atoms with E-state index in [4.69, 9.17) is 11.6 Å². The zero-order valence-electron chi connectivity index (χ0n) is 16.2. The molecule has 0 spiro atoms. The summed E-state index contributed by atoms with van der Waals surface area (Å²) < 4.78 is 13.3. The zero-order valence-corrected chi connectivity index (χ0v) is 17.0. The number of hydrogen-bond acceptors (Lipinski definition) is 4. The predicted octanol–water partition coefficient (Wildman–Crippen LogP) is 3.85. The number of carbonyl (C=O) groups excluding carboxylic acids is 2. The number of rotatable bonds is 6. The molecule has 1 saturated heterocycles. The highest BCUT2D eigenvalue weighted by atomic mass is 35.5. The van der Waals surface area contributed by atoms with Gasteiger partial charge in [0.05, 0.1) is 11.6 Å². The van der Waals surface area contributed by atoms with E-state index >= 15 is 0 Å². The van der Waals surface area contributed by atoms with E-state index in [1.807, 2.05) is 19.0 Å². The summed E-state index contributed by atoms with van der Waals surface area (Å²) in [5, 5.41) is 11.4. The second kappa shape index (κ2) is 8.76. The zero-order chi connectivity index (χ0) is 21.1. The van der Waals surface area contributed by atoms with E-state index in [0.29, 0.717) is 23.6 Å². The molecule has 152 valence electrons. The quantitative estimate of drug-likeness (QED) is 0.441. The summed E-state index contributed by atoms with van der Waals surface area (Å²) >= 11 is 5.99.